The van der Waals surface area contributed by atoms with E-state index in [1.807, 2.05) is 31.3 Å². The fraction of sp³-hybridized carbons (Fsp3) is 0.765. The van der Waals surface area contributed by atoms with E-state index in [4.69, 9.17) is 4.74 Å². The number of piperazine rings is 1. The maximum Gasteiger partial charge on any atom is 0.226 e. The highest BCUT2D eigenvalue weighted by Crippen LogP contribution is 2.48. The van der Waals surface area contributed by atoms with Gasteiger partial charge >= 0.3 is 0 Å². The third-order valence-electron chi connectivity index (χ3n) is 4.93. The van der Waals surface area contributed by atoms with Crippen LogP contribution in [0.25, 0.3) is 0 Å². The molecule has 0 spiro atoms. The van der Waals surface area contributed by atoms with Gasteiger partial charge in [-0.1, -0.05) is 0 Å². The van der Waals surface area contributed by atoms with Gasteiger partial charge in [-0.05, 0) is 24.8 Å². The van der Waals surface area contributed by atoms with E-state index in [9.17, 15) is 9.90 Å². The molecule has 134 valence electrons. The Hall–Kier alpha value is -1.44. The molecule has 0 radical (unpaired) electrons. The van der Waals surface area contributed by atoms with Crippen molar-refractivity contribution in [3.63, 3.8) is 0 Å². The minimum absolute atomic E-state index is 0.129. The summed E-state index contributed by atoms with van der Waals surface area (Å²) in [6.07, 6.45) is 4.37. The lowest BCUT2D eigenvalue weighted by atomic mass is 10.1. The average Bonchev–Trinajstić information content (AvgIpc) is 3.27. The lowest BCUT2D eigenvalue weighted by Crippen LogP contribution is -2.51. The predicted molar refractivity (Wildman–Crippen MR) is 89.6 cm³/mol. The molecule has 2 heterocycles. The number of amides is 1. The smallest absolute Gasteiger partial charge is 0.226 e. The Morgan fingerprint density at radius 2 is 2.17 bits per heavy atom. The second-order valence-electron chi connectivity index (χ2n) is 6.84. The van der Waals surface area contributed by atoms with Crippen molar-refractivity contribution in [2.45, 2.75) is 25.4 Å². The van der Waals surface area contributed by atoms with Gasteiger partial charge < -0.3 is 14.7 Å². The molecule has 2 fully saturated rings. The Bertz CT molecular complexity index is 554. The number of aromatic nitrogens is 2. The van der Waals surface area contributed by atoms with Crippen molar-refractivity contribution in [2.24, 2.45) is 13.0 Å². The fourth-order valence-corrected chi connectivity index (χ4v) is 3.46. The van der Waals surface area contributed by atoms with E-state index in [2.05, 4.69) is 10.00 Å². The van der Waals surface area contributed by atoms with E-state index < -0.39 is 6.10 Å². The Morgan fingerprint density at radius 1 is 1.42 bits per heavy atom. The number of aryl methyl sites for hydroxylation is 1. The molecule has 1 aromatic rings. The molecule has 3 atom stereocenters. The largest absolute Gasteiger partial charge is 0.389 e. The zero-order valence-electron chi connectivity index (χ0n) is 14.6. The quantitative estimate of drug-likeness (QED) is 0.763. The summed E-state index contributed by atoms with van der Waals surface area (Å²) < 4.78 is 7.04. The monoisotopic (exact) mass is 336 g/mol. The van der Waals surface area contributed by atoms with Crippen molar-refractivity contribution < 1.29 is 14.6 Å². The summed E-state index contributed by atoms with van der Waals surface area (Å²) >= 11 is 0. The molecule has 3 unspecified atom stereocenters. The number of β-amino-alcohol motifs (C(OH)–C–C–N with tert-alkyl or cyclic N) is 1. The average molecular weight is 336 g/mol. The first-order chi connectivity index (χ1) is 11.6. The Morgan fingerprint density at radius 3 is 2.79 bits per heavy atom. The standard InChI is InChI=1S/C17H28N4O3/c1-3-24-12-14(22)11-20-4-6-21(7-5-20)17(23)16-8-15(16)13-9-18-19(2)10-13/h9-10,14-16,22H,3-8,11-12H2,1-2H3. The molecule has 0 aromatic carbocycles. The molecule has 1 amide bonds. The van der Waals surface area contributed by atoms with Crippen LogP contribution in [0.2, 0.25) is 0 Å². The van der Waals surface area contributed by atoms with Gasteiger partial charge in [-0.3, -0.25) is 14.4 Å². The van der Waals surface area contributed by atoms with Crippen LogP contribution in [0.1, 0.15) is 24.8 Å². The van der Waals surface area contributed by atoms with Crippen molar-refractivity contribution in [1.29, 1.82) is 0 Å². The highest BCUT2D eigenvalue weighted by molar-refractivity contribution is 5.83. The van der Waals surface area contributed by atoms with Crippen molar-refractivity contribution in [3.05, 3.63) is 18.0 Å². The van der Waals surface area contributed by atoms with Crippen LogP contribution in [-0.4, -0.2) is 82.6 Å². The van der Waals surface area contributed by atoms with Gasteiger partial charge in [-0.15, -0.1) is 0 Å². The maximum absolute atomic E-state index is 12.6. The predicted octanol–water partition coefficient (Wildman–Crippen LogP) is 0.0652. The van der Waals surface area contributed by atoms with Crippen LogP contribution in [0.5, 0.6) is 0 Å². The zero-order valence-corrected chi connectivity index (χ0v) is 14.6. The lowest BCUT2D eigenvalue weighted by molar-refractivity contribution is -0.134. The minimum Gasteiger partial charge on any atom is -0.389 e. The first kappa shape index (κ1) is 17.4. The number of rotatable bonds is 7. The second kappa shape index (κ2) is 7.63. The van der Waals surface area contributed by atoms with Crippen LogP contribution in [-0.2, 0) is 16.6 Å². The van der Waals surface area contributed by atoms with E-state index >= 15 is 0 Å². The summed E-state index contributed by atoms with van der Waals surface area (Å²) in [7, 11) is 1.90. The molecule has 7 nitrogen and oxygen atoms in total. The lowest BCUT2D eigenvalue weighted by Gasteiger charge is -2.35. The number of hydrogen-bond donors (Lipinski definition) is 1. The van der Waals surface area contributed by atoms with E-state index in [0.717, 1.165) is 32.6 Å². The minimum atomic E-state index is -0.453. The number of carbonyl (C=O) groups excluding carboxylic acids is 1. The summed E-state index contributed by atoms with van der Waals surface area (Å²) in [5, 5.41) is 14.1. The van der Waals surface area contributed by atoms with Crippen molar-refractivity contribution >= 4 is 5.91 Å². The van der Waals surface area contributed by atoms with Crippen LogP contribution in [0.3, 0.4) is 0 Å². The number of ether oxygens (including phenoxy) is 1. The number of carbonyl (C=O) groups is 1. The van der Waals surface area contributed by atoms with E-state index in [1.165, 1.54) is 5.56 Å². The number of hydrogen-bond acceptors (Lipinski definition) is 5. The Labute approximate surface area is 143 Å². The number of aliphatic hydroxyl groups excluding tert-OH is 1. The van der Waals surface area contributed by atoms with Crippen molar-refractivity contribution in [2.75, 3.05) is 45.9 Å². The van der Waals surface area contributed by atoms with Gasteiger partial charge in [-0.2, -0.15) is 5.10 Å². The summed E-state index contributed by atoms with van der Waals surface area (Å²) in [6.45, 7) is 6.67. The molecule has 1 aliphatic heterocycles. The van der Waals surface area contributed by atoms with Gasteiger partial charge in [0.1, 0.15) is 0 Å². The molecule has 0 bridgehead atoms. The second-order valence-corrected chi connectivity index (χ2v) is 6.84. The molecule has 1 aromatic heterocycles. The normalized spacial score (nSPS) is 25.7. The molecule has 24 heavy (non-hydrogen) atoms. The van der Waals surface area contributed by atoms with Crippen LogP contribution >= 0.6 is 0 Å². The van der Waals surface area contributed by atoms with Gasteiger partial charge in [0.2, 0.25) is 5.91 Å². The molecule has 7 heteroatoms. The third kappa shape index (κ3) is 4.15. The molecule has 2 aliphatic rings. The highest BCUT2D eigenvalue weighted by Gasteiger charge is 2.46. The van der Waals surface area contributed by atoms with Gasteiger partial charge in [0, 0.05) is 58.5 Å². The van der Waals surface area contributed by atoms with Gasteiger partial charge in [0.25, 0.3) is 0 Å². The number of aliphatic hydroxyl groups is 1. The Kier molecular flexibility index (Phi) is 5.53. The third-order valence-corrected chi connectivity index (χ3v) is 4.93. The van der Waals surface area contributed by atoms with Crippen LogP contribution in [0, 0.1) is 5.92 Å². The molecule has 3 rings (SSSR count). The Balaban J connectivity index is 1.41. The van der Waals surface area contributed by atoms with E-state index in [0.29, 0.717) is 25.7 Å². The van der Waals surface area contributed by atoms with E-state index in [-0.39, 0.29) is 11.8 Å². The van der Waals surface area contributed by atoms with Gasteiger partial charge in [-0.25, -0.2) is 0 Å². The van der Waals surface area contributed by atoms with E-state index in [1.54, 1.807) is 4.68 Å². The molecular weight excluding hydrogens is 308 g/mol. The van der Waals surface area contributed by atoms with Crippen LogP contribution in [0.4, 0.5) is 0 Å². The molecule has 1 saturated heterocycles. The first-order valence-corrected chi connectivity index (χ1v) is 8.84. The van der Waals surface area contributed by atoms with Gasteiger partial charge in [0.15, 0.2) is 0 Å². The SMILES string of the molecule is CCOCC(O)CN1CCN(C(=O)C2CC2c2cnn(C)c2)CC1. The summed E-state index contributed by atoms with van der Waals surface area (Å²) in [4.78, 5) is 16.8. The molecule has 1 aliphatic carbocycles. The first-order valence-electron chi connectivity index (χ1n) is 8.84. The van der Waals surface area contributed by atoms with Crippen LogP contribution < -0.4 is 0 Å². The topological polar surface area (TPSA) is 70.8 Å². The fourth-order valence-electron chi connectivity index (χ4n) is 3.46. The molecule has 1 N–H and O–H groups in total. The zero-order chi connectivity index (χ0) is 17.1. The highest BCUT2D eigenvalue weighted by atomic mass is 16.5. The molecule has 1 saturated carbocycles. The van der Waals surface area contributed by atoms with Crippen molar-refractivity contribution in [1.82, 2.24) is 19.6 Å². The van der Waals surface area contributed by atoms with Crippen LogP contribution in [0.15, 0.2) is 12.4 Å². The van der Waals surface area contributed by atoms with Crippen molar-refractivity contribution in [3.8, 4) is 0 Å². The summed E-state index contributed by atoms with van der Waals surface area (Å²) in [5.74, 6) is 0.750. The summed E-state index contributed by atoms with van der Waals surface area (Å²) in [6, 6.07) is 0. The molecular formula is C17H28N4O3. The summed E-state index contributed by atoms with van der Waals surface area (Å²) in [5.41, 5.74) is 1.17. The number of nitrogens with zero attached hydrogens (tertiary/aromatic N) is 4. The van der Waals surface area contributed by atoms with Gasteiger partial charge in [0.05, 0.1) is 18.9 Å². The maximum atomic E-state index is 12.6.